The van der Waals surface area contributed by atoms with E-state index in [1.54, 1.807) is 24.7 Å². The van der Waals surface area contributed by atoms with Crippen molar-refractivity contribution in [1.29, 1.82) is 0 Å². The number of hydrogen-bond donors (Lipinski definition) is 3. The Morgan fingerprint density at radius 2 is 1.86 bits per heavy atom. The van der Waals surface area contributed by atoms with Crippen LogP contribution < -0.4 is 11.1 Å². The van der Waals surface area contributed by atoms with Gasteiger partial charge in [0.1, 0.15) is 6.54 Å². The molecule has 0 spiro atoms. The van der Waals surface area contributed by atoms with Crippen LogP contribution in [0, 0.1) is 0 Å². The lowest BCUT2D eigenvalue weighted by atomic mass is 9.87. The molecule has 178 valence electrons. The van der Waals surface area contributed by atoms with E-state index in [0.29, 0.717) is 16.8 Å². The summed E-state index contributed by atoms with van der Waals surface area (Å²) in [6.07, 6.45) is 1.79. The van der Waals surface area contributed by atoms with Crippen LogP contribution in [0.1, 0.15) is 46.9 Å². The molecule has 0 radical (unpaired) electrons. The standard InChI is InChI=1S/C27H27N5O3/c1-27(2,35)20-9-5-4-7-18(20)25-19-8-6-10-21(24(19)26(34)32(25)15-23(28)33)30-17-11-12-22-16(13-17)14-29-31(22)3/h4-14,25,30,35H,15H2,1-3H3,(H2,28,33). The Kier molecular flexibility index (Phi) is 5.33. The van der Waals surface area contributed by atoms with E-state index in [1.807, 2.05) is 67.7 Å². The Labute approximate surface area is 203 Å². The minimum Gasteiger partial charge on any atom is -0.386 e. The molecule has 5 rings (SSSR count). The number of amides is 2. The number of rotatable bonds is 6. The Hall–Kier alpha value is -4.17. The lowest BCUT2D eigenvalue weighted by molar-refractivity contribution is -0.118. The number of benzene rings is 3. The summed E-state index contributed by atoms with van der Waals surface area (Å²) in [4.78, 5) is 27.2. The van der Waals surface area contributed by atoms with Gasteiger partial charge in [0.15, 0.2) is 0 Å². The van der Waals surface area contributed by atoms with Gasteiger partial charge in [-0.05, 0) is 54.8 Å². The molecule has 4 aromatic rings. The summed E-state index contributed by atoms with van der Waals surface area (Å²) in [5.41, 5.74) is 9.51. The lowest BCUT2D eigenvalue weighted by Gasteiger charge is -2.30. The molecule has 8 heteroatoms. The number of carbonyl (C=O) groups excluding carboxylic acids is 2. The van der Waals surface area contributed by atoms with Crippen molar-refractivity contribution in [3.63, 3.8) is 0 Å². The predicted octanol–water partition coefficient (Wildman–Crippen LogP) is 3.57. The highest BCUT2D eigenvalue weighted by atomic mass is 16.3. The third kappa shape index (κ3) is 3.91. The summed E-state index contributed by atoms with van der Waals surface area (Å²) in [7, 11) is 1.89. The van der Waals surface area contributed by atoms with Gasteiger partial charge in [-0.3, -0.25) is 14.3 Å². The highest BCUT2D eigenvalue weighted by Crippen LogP contribution is 2.44. The quantitative estimate of drug-likeness (QED) is 0.400. The second kappa shape index (κ2) is 8.25. The summed E-state index contributed by atoms with van der Waals surface area (Å²) in [6.45, 7) is 3.17. The van der Waals surface area contributed by atoms with Crippen LogP contribution in [-0.4, -0.2) is 38.1 Å². The van der Waals surface area contributed by atoms with Gasteiger partial charge in [-0.1, -0.05) is 36.4 Å². The molecule has 0 aliphatic carbocycles. The van der Waals surface area contributed by atoms with E-state index >= 15 is 0 Å². The number of nitrogens with two attached hydrogens (primary N) is 1. The topological polar surface area (TPSA) is 113 Å². The van der Waals surface area contributed by atoms with Crippen LogP contribution >= 0.6 is 0 Å². The van der Waals surface area contributed by atoms with Crippen molar-refractivity contribution in [2.75, 3.05) is 11.9 Å². The zero-order valence-electron chi connectivity index (χ0n) is 19.8. The SMILES string of the molecule is Cn1ncc2cc(Nc3cccc4c3C(=O)N(CC(N)=O)C4c3ccccc3C(C)(C)O)ccc21. The van der Waals surface area contributed by atoms with E-state index in [9.17, 15) is 14.7 Å². The molecule has 0 saturated carbocycles. The van der Waals surface area contributed by atoms with Gasteiger partial charge in [-0.15, -0.1) is 0 Å². The molecule has 2 heterocycles. The van der Waals surface area contributed by atoms with Crippen LogP contribution in [0.2, 0.25) is 0 Å². The molecule has 35 heavy (non-hydrogen) atoms. The fraction of sp³-hybridized carbons (Fsp3) is 0.222. The molecular weight excluding hydrogens is 442 g/mol. The number of aliphatic hydroxyl groups is 1. The molecule has 0 fully saturated rings. The van der Waals surface area contributed by atoms with Gasteiger partial charge in [0, 0.05) is 18.1 Å². The molecule has 3 aromatic carbocycles. The molecule has 0 saturated heterocycles. The fourth-order valence-corrected chi connectivity index (χ4v) is 4.93. The first-order valence-electron chi connectivity index (χ1n) is 11.4. The van der Waals surface area contributed by atoms with Gasteiger partial charge in [0.25, 0.3) is 5.91 Å². The Bertz CT molecular complexity index is 1470. The van der Waals surface area contributed by atoms with E-state index in [0.717, 1.165) is 27.7 Å². The number of primary amides is 1. The smallest absolute Gasteiger partial charge is 0.257 e. The first-order valence-corrected chi connectivity index (χ1v) is 11.4. The number of nitrogens with zero attached hydrogens (tertiary/aromatic N) is 3. The molecular formula is C27H27N5O3. The number of hydrogen-bond acceptors (Lipinski definition) is 5. The van der Waals surface area contributed by atoms with Crippen molar-refractivity contribution in [2.45, 2.75) is 25.5 Å². The number of carbonyl (C=O) groups is 2. The Morgan fingerprint density at radius 1 is 1.11 bits per heavy atom. The lowest BCUT2D eigenvalue weighted by Crippen LogP contribution is -2.37. The van der Waals surface area contributed by atoms with Crippen molar-refractivity contribution < 1.29 is 14.7 Å². The van der Waals surface area contributed by atoms with Gasteiger partial charge < -0.3 is 21.1 Å². The fourth-order valence-electron chi connectivity index (χ4n) is 4.93. The highest BCUT2D eigenvalue weighted by Gasteiger charge is 2.41. The second-order valence-electron chi connectivity index (χ2n) is 9.38. The summed E-state index contributed by atoms with van der Waals surface area (Å²) in [5.74, 6) is -0.895. The van der Waals surface area contributed by atoms with Crippen LogP contribution in [0.15, 0.2) is 66.9 Å². The largest absolute Gasteiger partial charge is 0.386 e. The molecule has 2 amide bonds. The van der Waals surface area contributed by atoms with Crippen molar-refractivity contribution in [3.8, 4) is 0 Å². The monoisotopic (exact) mass is 469 g/mol. The summed E-state index contributed by atoms with van der Waals surface area (Å²) >= 11 is 0. The van der Waals surface area contributed by atoms with E-state index in [4.69, 9.17) is 5.73 Å². The Morgan fingerprint density at radius 3 is 2.60 bits per heavy atom. The first-order chi connectivity index (χ1) is 16.6. The van der Waals surface area contributed by atoms with E-state index in [-0.39, 0.29) is 12.5 Å². The normalized spacial score (nSPS) is 15.5. The van der Waals surface area contributed by atoms with E-state index < -0.39 is 17.6 Å². The summed E-state index contributed by atoms with van der Waals surface area (Å²) in [6, 6.07) is 18.4. The van der Waals surface area contributed by atoms with Crippen molar-refractivity contribution >= 4 is 34.1 Å². The number of fused-ring (bicyclic) bond motifs is 2. The summed E-state index contributed by atoms with van der Waals surface area (Å²) in [5, 5.41) is 19.5. The molecule has 1 atom stereocenters. The maximum Gasteiger partial charge on any atom is 0.257 e. The molecule has 8 nitrogen and oxygen atoms in total. The van der Waals surface area contributed by atoms with Crippen molar-refractivity contribution in [3.05, 3.63) is 89.1 Å². The minimum atomic E-state index is -1.14. The average molecular weight is 470 g/mol. The molecule has 1 unspecified atom stereocenters. The summed E-state index contributed by atoms with van der Waals surface area (Å²) < 4.78 is 1.80. The molecule has 0 bridgehead atoms. The number of nitrogens with one attached hydrogen (secondary N) is 1. The average Bonchev–Trinajstić information content (AvgIpc) is 3.30. The first kappa shape index (κ1) is 22.6. The number of aryl methyl sites for hydroxylation is 1. The minimum absolute atomic E-state index is 0.237. The van der Waals surface area contributed by atoms with Crippen molar-refractivity contribution in [1.82, 2.24) is 14.7 Å². The van der Waals surface area contributed by atoms with Gasteiger partial charge in [0.2, 0.25) is 5.91 Å². The molecule has 1 aliphatic rings. The maximum absolute atomic E-state index is 13.7. The number of aromatic nitrogens is 2. The third-order valence-electron chi connectivity index (χ3n) is 6.44. The predicted molar refractivity (Wildman–Crippen MR) is 134 cm³/mol. The third-order valence-corrected chi connectivity index (χ3v) is 6.44. The zero-order chi connectivity index (χ0) is 24.9. The molecule has 1 aromatic heterocycles. The highest BCUT2D eigenvalue weighted by molar-refractivity contribution is 6.06. The molecule has 4 N–H and O–H groups in total. The van der Waals surface area contributed by atoms with Gasteiger partial charge in [0.05, 0.1) is 34.6 Å². The zero-order valence-corrected chi connectivity index (χ0v) is 19.8. The van der Waals surface area contributed by atoms with Crippen LogP contribution in [0.5, 0.6) is 0 Å². The maximum atomic E-state index is 13.7. The van der Waals surface area contributed by atoms with Crippen LogP contribution in [0.4, 0.5) is 11.4 Å². The van der Waals surface area contributed by atoms with Gasteiger partial charge in [-0.25, -0.2) is 0 Å². The van der Waals surface area contributed by atoms with Gasteiger partial charge >= 0.3 is 0 Å². The van der Waals surface area contributed by atoms with Gasteiger partial charge in [-0.2, -0.15) is 5.10 Å². The van der Waals surface area contributed by atoms with Crippen LogP contribution in [0.3, 0.4) is 0 Å². The van der Waals surface area contributed by atoms with Crippen LogP contribution in [0.25, 0.3) is 10.9 Å². The number of anilines is 2. The second-order valence-corrected chi connectivity index (χ2v) is 9.38. The van der Waals surface area contributed by atoms with E-state index in [2.05, 4.69) is 10.4 Å². The van der Waals surface area contributed by atoms with E-state index in [1.165, 1.54) is 4.90 Å². The van der Waals surface area contributed by atoms with Crippen molar-refractivity contribution in [2.24, 2.45) is 12.8 Å². The Balaban J connectivity index is 1.63. The van der Waals surface area contributed by atoms with Crippen LogP contribution in [-0.2, 0) is 17.4 Å². The molecule has 1 aliphatic heterocycles.